The van der Waals surface area contributed by atoms with Crippen molar-refractivity contribution in [1.82, 2.24) is 0 Å². The molecule has 0 spiro atoms. The first kappa shape index (κ1) is 31.5. The van der Waals surface area contributed by atoms with E-state index in [9.17, 15) is 0 Å². The van der Waals surface area contributed by atoms with Gasteiger partial charge in [-0.1, -0.05) is 87.4 Å². The van der Waals surface area contributed by atoms with Crippen LogP contribution in [0.5, 0.6) is 0 Å². The first-order valence-corrected chi connectivity index (χ1v) is 15.7. The molecule has 0 amide bonds. The zero-order valence-electron chi connectivity index (χ0n) is 27.1. The molecule has 0 fully saturated rings. The molecule has 0 N–H and O–H groups in total. The Morgan fingerprint density at radius 3 is 1.18 bits per heavy atom. The van der Waals surface area contributed by atoms with Gasteiger partial charge in [0.1, 0.15) is 0 Å². The summed E-state index contributed by atoms with van der Waals surface area (Å²) in [5, 5.41) is 0. The van der Waals surface area contributed by atoms with Crippen molar-refractivity contribution in [2.75, 3.05) is 36.0 Å². The third-order valence-electron chi connectivity index (χ3n) is 8.72. The highest BCUT2D eigenvalue weighted by molar-refractivity contribution is 5.90. The second kappa shape index (κ2) is 14.6. The maximum absolute atomic E-state index is 2.49. The minimum atomic E-state index is 0.569. The van der Waals surface area contributed by atoms with Gasteiger partial charge < -0.3 is 9.80 Å². The first-order valence-electron chi connectivity index (χ1n) is 15.7. The van der Waals surface area contributed by atoms with Crippen molar-refractivity contribution < 1.29 is 0 Å². The zero-order chi connectivity index (χ0) is 29.4. The van der Waals surface area contributed by atoms with Crippen molar-refractivity contribution in [3.05, 3.63) is 94.1 Å². The number of benzene rings is 2. The molecule has 0 heterocycles. The lowest BCUT2D eigenvalue weighted by atomic mass is 9.95. The number of hydrogen-bond donors (Lipinski definition) is 0. The molecule has 2 nitrogen and oxygen atoms in total. The van der Waals surface area contributed by atoms with Crippen LogP contribution in [0.25, 0.3) is 11.1 Å². The fourth-order valence-electron chi connectivity index (χ4n) is 6.45. The van der Waals surface area contributed by atoms with Gasteiger partial charge in [0.25, 0.3) is 0 Å². The summed E-state index contributed by atoms with van der Waals surface area (Å²) in [5.74, 6) is 1.14. The van der Waals surface area contributed by atoms with Gasteiger partial charge in [-0.25, -0.2) is 0 Å². The van der Waals surface area contributed by atoms with E-state index in [0.29, 0.717) is 11.8 Å². The minimum absolute atomic E-state index is 0.569. The molecule has 0 aliphatic heterocycles. The Kier molecular flexibility index (Phi) is 11.5. The van der Waals surface area contributed by atoms with E-state index in [-0.39, 0.29) is 0 Å². The lowest BCUT2D eigenvalue weighted by Crippen LogP contribution is -2.24. The molecule has 216 valence electrons. The van der Waals surface area contributed by atoms with Crippen LogP contribution < -0.4 is 9.80 Å². The summed E-state index contributed by atoms with van der Waals surface area (Å²) in [6.07, 6.45) is 7.14. The average molecular weight is 539 g/mol. The number of rotatable bonds is 10. The molecule has 0 radical (unpaired) electrons. The molecule has 0 saturated carbocycles. The van der Waals surface area contributed by atoms with Crippen LogP contribution in [0.1, 0.15) is 93.2 Å². The predicted octanol–water partition coefficient (Wildman–Crippen LogP) is 10.6. The lowest BCUT2D eigenvalue weighted by Gasteiger charge is -2.26. The smallest absolute Gasteiger partial charge is 0.0445 e. The SMILES string of the molecule is CCCN(CC)c1ccccc1C1=C(C)C(C)C=C1C.CCCN(CC)c1ccccc1C1=C(C)C(C)C=C1C. The van der Waals surface area contributed by atoms with E-state index in [1.54, 1.807) is 0 Å². The Morgan fingerprint density at radius 1 is 0.550 bits per heavy atom. The van der Waals surface area contributed by atoms with Crippen LogP contribution in [-0.2, 0) is 0 Å². The topological polar surface area (TPSA) is 6.48 Å². The average Bonchev–Trinajstić information content (AvgIpc) is 3.36. The normalized spacial score (nSPS) is 18.4. The van der Waals surface area contributed by atoms with Gasteiger partial charge in [0.05, 0.1) is 0 Å². The molecule has 0 saturated heterocycles. The van der Waals surface area contributed by atoms with Gasteiger partial charge in [0, 0.05) is 48.7 Å². The minimum Gasteiger partial charge on any atom is -0.371 e. The van der Waals surface area contributed by atoms with E-state index < -0.39 is 0 Å². The summed E-state index contributed by atoms with van der Waals surface area (Å²) >= 11 is 0. The molecular weight excluding hydrogens is 484 g/mol. The summed E-state index contributed by atoms with van der Waals surface area (Å²) in [6, 6.07) is 17.7. The second-order valence-electron chi connectivity index (χ2n) is 11.6. The largest absolute Gasteiger partial charge is 0.371 e. The standard InChI is InChI=1S/2C19H27N/c2*1-6-12-20(7-2)18-11-9-8-10-17(18)19-15(4)13-14(3)16(19)5/h2*8-11,13-14H,6-7,12H2,1-5H3. The van der Waals surface area contributed by atoms with E-state index in [1.165, 1.54) is 68.8 Å². The maximum Gasteiger partial charge on any atom is 0.0445 e. The van der Waals surface area contributed by atoms with Crippen LogP contribution in [-0.4, -0.2) is 26.2 Å². The van der Waals surface area contributed by atoms with Gasteiger partial charge in [-0.2, -0.15) is 0 Å². The number of hydrogen-bond acceptors (Lipinski definition) is 2. The molecule has 2 atom stereocenters. The zero-order valence-corrected chi connectivity index (χ0v) is 27.1. The molecule has 0 aromatic heterocycles. The quantitative estimate of drug-likeness (QED) is 0.297. The fraction of sp³-hybridized carbons (Fsp3) is 0.474. The number of allylic oxidation sites excluding steroid dienone is 8. The monoisotopic (exact) mass is 538 g/mol. The van der Waals surface area contributed by atoms with Crippen molar-refractivity contribution in [2.45, 2.75) is 82.1 Å². The third kappa shape index (κ3) is 6.82. The second-order valence-corrected chi connectivity index (χ2v) is 11.6. The molecular formula is C38H54N2. The Hall–Kier alpha value is -3.00. The Morgan fingerprint density at radius 2 is 0.900 bits per heavy atom. The first-order chi connectivity index (χ1) is 19.2. The highest BCUT2D eigenvalue weighted by Crippen LogP contribution is 2.42. The van der Waals surface area contributed by atoms with E-state index >= 15 is 0 Å². The molecule has 2 aliphatic carbocycles. The van der Waals surface area contributed by atoms with Gasteiger partial charge in [-0.3, -0.25) is 0 Å². The van der Waals surface area contributed by atoms with Crippen molar-refractivity contribution in [1.29, 1.82) is 0 Å². The van der Waals surface area contributed by atoms with E-state index in [1.807, 2.05) is 0 Å². The van der Waals surface area contributed by atoms with E-state index in [2.05, 4.69) is 140 Å². The highest BCUT2D eigenvalue weighted by atomic mass is 15.1. The van der Waals surface area contributed by atoms with Crippen LogP contribution in [0, 0.1) is 11.8 Å². The highest BCUT2D eigenvalue weighted by Gasteiger charge is 2.23. The van der Waals surface area contributed by atoms with Gasteiger partial charge in [0.15, 0.2) is 0 Å². The number of nitrogens with zero attached hydrogens (tertiary/aromatic N) is 2. The van der Waals surface area contributed by atoms with Crippen molar-refractivity contribution >= 4 is 22.5 Å². The third-order valence-corrected chi connectivity index (χ3v) is 8.72. The van der Waals surface area contributed by atoms with Crippen LogP contribution in [0.2, 0.25) is 0 Å². The van der Waals surface area contributed by atoms with Gasteiger partial charge in [-0.05, 0) is 101 Å². The Labute approximate surface area is 246 Å². The van der Waals surface area contributed by atoms with Crippen LogP contribution in [0.15, 0.2) is 83.0 Å². The molecule has 2 aromatic carbocycles. The molecule has 2 aromatic rings. The molecule has 2 heteroatoms. The Balaban J connectivity index is 0.000000220. The summed E-state index contributed by atoms with van der Waals surface area (Å²) < 4.78 is 0. The summed E-state index contributed by atoms with van der Waals surface area (Å²) in [7, 11) is 0. The fourth-order valence-corrected chi connectivity index (χ4v) is 6.45. The van der Waals surface area contributed by atoms with Crippen molar-refractivity contribution in [3.8, 4) is 0 Å². The van der Waals surface area contributed by atoms with Crippen LogP contribution in [0.4, 0.5) is 11.4 Å². The van der Waals surface area contributed by atoms with E-state index in [0.717, 1.165) is 26.2 Å². The molecule has 0 bridgehead atoms. The molecule has 2 unspecified atom stereocenters. The predicted molar refractivity (Wildman–Crippen MR) is 180 cm³/mol. The number of anilines is 2. The van der Waals surface area contributed by atoms with Crippen LogP contribution >= 0.6 is 0 Å². The van der Waals surface area contributed by atoms with Gasteiger partial charge in [0.2, 0.25) is 0 Å². The Bertz CT molecular complexity index is 1170. The van der Waals surface area contributed by atoms with Crippen LogP contribution in [0.3, 0.4) is 0 Å². The van der Waals surface area contributed by atoms with Gasteiger partial charge >= 0.3 is 0 Å². The van der Waals surface area contributed by atoms with E-state index in [4.69, 9.17) is 0 Å². The number of para-hydroxylation sites is 2. The summed E-state index contributed by atoms with van der Waals surface area (Å²) in [6.45, 7) is 27.0. The molecule has 2 aliphatic rings. The summed E-state index contributed by atoms with van der Waals surface area (Å²) in [5.41, 5.74) is 14.3. The van der Waals surface area contributed by atoms with Crippen molar-refractivity contribution in [2.24, 2.45) is 11.8 Å². The maximum atomic E-state index is 2.49. The molecule has 40 heavy (non-hydrogen) atoms. The lowest BCUT2D eigenvalue weighted by molar-refractivity contribution is 0.790. The van der Waals surface area contributed by atoms with Gasteiger partial charge in [-0.15, -0.1) is 0 Å². The summed E-state index contributed by atoms with van der Waals surface area (Å²) in [4.78, 5) is 4.98. The molecule has 4 rings (SSSR count). The van der Waals surface area contributed by atoms with Crippen molar-refractivity contribution in [3.63, 3.8) is 0 Å².